The van der Waals surface area contributed by atoms with E-state index >= 15 is 0 Å². The SMILES string of the molecule is CCOC(=O)c1ccc(NC(=O)c2ccc(=O)n(C(C)C)n2)cc1. The molecule has 1 aromatic carbocycles. The average molecular weight is 329 g/mol. The smallest absolute Gasteiger partial charge is 0.338 e. The Morgan fingerprint density at radius 1 is 1.17 bits per heavy atom. The van der Waals surface area contributed by atoms with Crippen LogP contribution in [0.5, 0.6) is 0 Å². The van der Waals surface area contributed by atoms with Crippen molar-refractivity contribution in [3.8, 4) is 0 Å². The van der Waals surface area contributed by atoms with Gasteiger partial charge in [-0.25, -0.2) is 9.48 Å². The molecular weight excluding hydrogens is 310 g/mol. The summed E-state index contributed by atoms with van der Waals surface area (Å²) < 4.78 is 6.15. The molecule has 0 bridgehead atoms. The summed E-state index contributed by atoms with van der Waals surface area (Å²) in [6, 6.07) is 8.88. The van der Waals surface area contributed by atoms with Gasteiger partial charge in [-0.1, -0.05) is 0 Å². The van der Waals surface area contributed by atoms with Gasteiger partial charge in [0.05, 0.1) is 18.2 Å². The molecule has 0 unspecified atom stereocenters. The quantitative estimate of drug-likeness (QED) is 0.850. The first-order valence-electron chi connectivity index (χ1n) is 7.60. The first kappa shape index (κ1) is 17.4. The van der Waals surface area contributed by atoms with Crippen LogP contribution in [0.3, 0.4) is 0 Å². The molecule has 0 fully saturated rings. The molecule has 1 heterocycles. The van der Waals surface area contributed by atoms with E-state index in [2.05, 4.69) is 10.4 Å². The number of ether oxygens (including phenoxy) is 1. The third-order valence-corrected chi connectivity index (χ3v) is 3.20. The minimum atomic E-state index is -0.437. The van der Waals surface area contributed by atoms with E-state index in [1.54, 1.807) is 31.2 Å². The van der Waals surface area contributed by atoms with Crippen LogP contribution in [0.25, 0.3) is 0 Å². The molecule has 1 aromatic heterocycles. The second kappa shape index (κ2) is 7.54. The fourth-order valence-corrected chi connectivity index (χ4v) is 2.02. The molecule has 0 saturated heterocycles. The van der Waals surface area contributed by atoms with Crippen molar-refractivity contribution in [3.63, 3.8) is 0 Å². The predicted octanol–water partition coefficient (Wildman–Crippen LogP) is 2.25. The lowest BCUT2D eigenvalue weighted by Crippen LogP contribution is -2.27. The van der Waals surface area contributed by atoms with E-state index in [1.165, 1.54) is 16.8 Å². The molecule has 0 radical (unpaired) electrons. The molecule has 0 aliphatic heterocycles. The Hall–Kier alpha value is -2.96. The number of carbonyl (C=O) groups is 2. The van der Waals surface area contributed by atoms with Crippen molar-refractivity contribution < 1.29 is 14.3 Å². The number of aromatic nitrogens is 2. The number of rotatable bonds is 5. The van der Waals surface area contributed by atoms with E-state index in [9.17, 15) is 14.4 Å². The maximum atomic E-state index is 12.2. The van der Waals surface area contributed by atoms with Gasteiger partial charge in [0.2, 0.25) is 0 Å². The van der Waals surface area contributed by atoms with Crippen LogP contribution in [0.4, 0.5) is 5.69 Å². The number of nitrogens with zero attached hydrogens (tertiary/aromatic N) is 2. The van der Waals surface area contributed by atoms with Crippen molar-refractivity contribution in [1.82, 2.24) is 9.78 Å². The third-order valence-electron chi connectivity index (χ3n) is 3.20. The summed E-state index contributed by atoms with van der Waals surface area (Å²) >= 11 is 0. The van der Waals surface area contributed by atoms with Crippen molar-refractivity contribution in [2.24, 2.45) is 0 Å². The molecule has 0 aliphatic rings. The lowest BCUT2D eigenvalue weighted by Gasteiger charge is -2.10. The van der Waals surface area contributed by atoms with Crippen LogP contribution in [0.1, 0.15) is 47.7 Å². The molecule has 0 aliphatic carbocycles. The monoisotopic (exact) mass is 329 g/mol. The van der Waals surface area contributed by atoms with Gasteiger partial charge in [-0.05, 0) is 51.1 Å². The average Bonchev–Trinajstić information content (AvgIpc) is 2.55. The largest absolute Gasteiger partial charge is 0.462 e. The Balaban J connectivity index is 2.14. The molecule has 0 saturated carbocycles. The van der Waals surface area contributed by atoms with Gasteiger partial charge in [0, 0.05) is 11.8 Å². The van der Waals surface area contributed by atoms with Crippen molar-refractivity contribution >= 4 is 17.6 Å². The predicted molar refractivity (Wildman–Crippen MR) is 89.2 cm³/mol. The number of benzene rings is 1. The lowest BCUT2D eigenvalue weighted by atomic mass is 10.2. The van der Waals surface area contributed by atoms with Gasteiger partial charge in [-0.3, -0.25) is 9.59 Å². The molecular formula is C17H19N3O4. The van der Waals surface area contributed by atoms with Crippen molar-refractivity contribution in [3.05, 3.63) is 58.0 Å². The summed E-state index contributed by atoms with van der Waals surface area (Å²) in [6.07, 6.45) is 0. The first-order chi connectivity index (χ1) is 11.4. The molecule has 24 heavy (non-hydrogen) atoms. The van der Waals surface area contributed by atoms with Crippen LogP contribution >= 0.6 is 0 Å². The van der Waals surface area contributed by atoms with Gasteiger partial charge in [0.15, 0.2) is 0 Å². The van der Waals surface area contributed by atoms with Gasteiger partial charge in [-0.2, -0.15) is 5.10 Å². The molecule has 0 atom stereocenters. The second-order valence-corrected chi connectivity index (χ2v) is 5.35. The Labute approximate surface area is 139 Å². The van der Waals surface area contributed by atoms with Gasteiger partial charge >= 0.3 is 5.97 Å². The normalized spacial score (nSPS) is 10.5. The molecule has 2 aromatic rings. The molecule has 7 heteroatoms. The number of esters is 1. The highest BCUT2D eigenvalue weighted by Gasteiger charge is 2.12. The van der Waals surface area contributed by atoms with Crippen molar-refractivity contribution in [2.45, 2.75) is 26.8 Å². The number of carbonyl (C=O) groups excluding carboxylic acids is 2. The highest BCUT2D eigenvalue weighted by atomic mass is 16.5. The summed E-state index contributed by atoms with van der Waals surface area (Å²) in [5, 5.41) is 6.73. The number of anilines is 1. The molecule has 1 amide bonds. The van der Waals surface area contributed by atoms with Crippen LogP contribution in [0, 0.1) is 0 Å². The first-order valence-corrected chi connectivity index (χ1v) is 7.60. The summed E-state index contributed by atoms with van der Waals surface area (Å²) in [5.74, 6) is -0.852. The summed E-state index contributed by atoms with van der Waals surface area (Å²) in [7, 11) is 0. The third kappa shape index (κ3) is 4.07. The second-order valence-electron chi connectivity index (χ2n) is 5.35. The summed E-state index contributed by atoms with van der Waals surface area (Å²) in [4.78, 5) is 35.5. The number of hydrogen-bond acceptors (Lipinski definition) is 5. The Kier molecular flexibility index (Phi) is 5.47. The van der Waals surface area contributed by atoms with Gasteiger partial charge in [-0.15, -0.1) is 0 Å². The van der Waals surface area contributed by atoms with Crippen LogP contribution in [-0.2, 0) is 4.74 Å². The van der Waals surface area contributed by atoms with Crippen LogP contribution < -0.4 is 10.9 Å². The number of amides is 1. The Morgan fingerprint density at radius 3 is 2.42 bits per heavy atom. The van der Waals surface area contributed by atoms with E-state index < -0.39 is 11.9 Å². The van der Waals surface area contributed by atoms with E-state index in [0.29, 0.717) is 17.9 Å². The topological polar surface area (TPSA) is 90.3 Å². The molecule has 0 spiro atoms. The van der Waals surface area contributed by atoms with E-state index in [1.807, 2.05) is 13.8 Å². The van der Waals surface area contributed by atoms with Crippen molar-refractivity contribution in [2.75, 3.05) is 11.9 Å². The van der Waals surface area contributed by atoms with E-state index in [-0.39, 0.29) is 17.3 Å². The molecule has 126 valence electrons. The van der Waals surface area contributed by atoms with Gasteiger partial charge in [0.25, 0.3) is 11.5 Å². The fourth-order valence-electron chi connectivity index (χ4n) is 2.02. The maximum Gasteiger partial charge on any atom is 0.338 e. The molecule has 7 nitrogen and oxygen atoms in total. The summed E-state index contributed by atoms with van der Waals surface area (Å²) in [6.45, 7) is 5.65. The van der Waals surface area contributed by atoms with E-state index in [4.69, 9.17) is 4.74 Å². The standard InChI is InChI=1S/C17H19N3O4/c1-4-24-17(23)12-5-7-13(8-6-12)18-16(22)14-9-10-15(21)20(19-14)11(2)3/h5-11H,4H2,1-3H3,(H,18,22). The zero-order valence-corrected chi connectivity index (χ0v) is 13.8. The lowest BCUT2D eigenvalue weighted by molar-refractivity contribution is 0.0526. The number of nitrogens with one attached hydrogen (secondary N) is 1. The number of hydrogen-bond donors (Lipinski definition) is 1. The zero-order valence-electron chi connectivity index (χ0n) is 13.8. The Morgan fingerprint density at radius 2 is 1.83 bits per heavy atom. The minimum absolute atomic E-state index is 0.137. The van der Waals surface area contributed by atoms with Gasteiger partial charge in [0.1, 0.15) is 5.69 Å². The van der Waals surface area contributed by atoms with Crippen LogP contribution in [0.2, 0.25) is 0 Å². The highest BCUT2D eigenvalue weighted by Crippen LogP contribution is 2.12. The fraction of sp³-hybridized carbons (Fsp3) is 0.294. The zero-order chi connectivity index (χ0) is 17.7. The van der Waals surface area contributed by atoms with Gasteiger partial charge < -0.3 is 10.1 Å². The Bertz CT molecular complexity index is 794. The van der Waals surface area contributed by atoms with Crippen LogP contribution in [0.15, 0.2) is 41.2 Å². The molecule has 1 N–H and O–H groups in total. The van der Waals surface area contributed by atoms with Crippen molar-refractivity contribution in [1.29, 1.82) is 0 Å². The van der Waals surface area contributed by atoms with E-state index in [0.717, 1.165) is 0 Å². The van der Waals surface area contributed by atoms with Crippen LogP contribution in [-0.4, -0.2) is 28.3 Å². The minimum Gasteiger partial charge on any atom is -0.462 e. The molecule has 2 rings (SSSR count). The maximum absolute atomic E-state index is 12.2. The summed E-state index contributed by atoms with van der Waals surface area (Å²) in [5.41, 5.74) is 0.789. The highest BCUT2D eigenvalue weighted by molar-refractivity contribution is 6.03.